The molecule has 1 aliphatic rings. The molecule has 1 saturated carbocycles. The highest BCUT2D eigenvalue weighted by Gasteiger charge is 2.38. The molecule has 2 aromatic rings. The van der Waals surface area contributed by atoms with Crippen LogP contribution >= 0.6 is 11.3 Å². The van der Waals surface area contributed by atoms with E-state index < -0.39 is 28.8 Å². The van der Waals surface area contributed by atoms with Crippen molar-refractivity contribution < 1.29 is 46.5 Å². The number of hydrogen-bond donors (Lipinski definition) is 0. The van der Waals surface area contributed by atoms with Crippen LogP contribution in [0, 0.1) is 11.8 Å². The molecule has 1 heterocycles. The number of ether oxygens (including phenoxy) is 4. The highest BCUT2D eigenvalue weighted by molar-refractivity contribution is 7.15. The predicted molar refractivity (Wildman–Crippen MR) is 139 cm³/mol. The van der Waals surface area contributed by atoms with Gasteiger partial charge in [0.25, 0.3) is 0 Å². The third-order valence-electron chi connectivity index (χ3n) is 6.67. The first-order valence-corrected chi connectivity index (χ1v) is 13.2. The molecule has 0 spiro atoms. The molecule has 0 radical (unpaired) electrons. The lowest BCUT2D eigenvalue weighted by molar-refractivity contribution is -0.138. The molecular formula is C27H32F3NO7S. The van der Waals surface area contributed by atoms with Gasteiger partial charge in [-0.1, -0.05) is 18.3 Å². The summed E-state index contributed by atoms with van der Waals surface area (Å²) in [5.41, 5.74) is -0.986. The van der Waals surface area contributed by atoms with Crippen LogP contribution in [0.25, 0.3) is 0 Å². The Bertz CT molecular complexity index is 1150. The van der Waals surface area contributed by atoms with E-state index in [4.69, 9.17) is 18.9 Å². The van der Waals surface area contributed by atoms with E-state index in [1.54, 1.807) is 0 Å². The van der Waals surface area contributed by atoms with Crippen LogP contribution in [0.5, 0.6) is 10.8 Å². The molecule has 0 N–H and O–H groups in total. The summed E-state index contributed by atoms with van der Waals surface area (Å²) in [4.78, 5) is 39.2. The molecule has 1 fully saturated rings. The van der Waals surface area contributed by atoms with Crippen molar-refractivity contribution in [2.45, 2.75) is 44.8 Å². The van der Waals surface area contributed by atoms with E-state index in [1.807, 2.05) is 0 Å². The number of methoxy groups -OCH3 is 3. The van der Waals surface area contributed by atoms with E-state index in [1.165, 1.54) is 37.3 Å². The Morgan fingerprint density at radius 3 is 2.26 bits per heavy atom. The number of esters is 1. The van der Waals surface area contributed by atoms with Crippen molar-refractivity contribution >= 4 is 35.2 Å². The lowest BCUT2D eigenvalue weighted by Crippen LogP contribution is -2.49. The van der Waals surface area contributed by atoms with Gasteiger partial charge in [-0.25, -0.2) is 4.79 Å². The standard InChI is InChI=1S/C27H32F3NO7S/c1-16-5-7-17(8-6-16)24(33)31(18(14-35-2)15-36-3)23-10-9-19(11-21(23)25(34)37-4)38-26-22(27(28,29)30)12-20(13-32)39-26/h9-13,16-18H,5-8,14-15H2,1-4H3. The van der Waals surface area contributed by atoms with E-state index in [0.29, 0.717) is 42.4 Å². The molecule has 0 bridgehead atoms. The van der Waals surface area contributed by atoms with Gasteiger partial charge in [0.2, 0.25) is 5.91 Å². The number of anilines is 1. The molecule has 214 valence electrons. The molecule has 12 heteroatoms. The number of carbonyl (C=O) groups is 3. The maximum absolute atomic E-state index is 13.9. The monoisotopic (exact) mass is 571 g/mol. The highest BCUT2D eigenvalue weighted by Crippen LogP contribution is 2.44. The normalized spacial score (nSPS) is 17.6. The smallest absolute Gasteiger partial charge is 0.420 e. The number of hydrogen-bond acceptors (Lipinski definition) is 8. The van der Waals surface area contributed by atoms with Crippen molar-refractivity contribution in [2.75, 3.05) is 39.4 Å². The number of alkyl halides is 3. The first-order chi connectivity index (χ1) is 18.5. The molecule has 1 aromatic heterocycles. The van der Waals surface area contributed by atoms with E-state index >= 15 is 0 Å². The second-order valence-electron chi connectivity index (χ2n) is 9.47. The predicted octanol–water partition coefficient (Wildman–Crippen LogP) is 5.98. The van der Waals surface area contributed by atoms with Crippen LogP contribution in [0.2, 0.25) is 0 Å². The molecule has 1 aromatic carbocycles. The average molecular weight is 572 g/mol. The van der Waals surface area contributed by atoms with Gasteiger partial charge in [0.1, 0.15) is 11.3 Å². The third-order valence-corrected chi connectivity index (χ3v) is 7.61. The summed E-state index contributed by atoms with van der Waals surface area (Å²) in [6.07, 6.45) is -1.29. The van der Waals surface area contributed by atoms with Crippen molar-refractivity contribution in [1.82, 2.24) is 0 Å². The maximum Gasteiger partial charge on any atom is 0.420 e. The first-order valence-electron chi connectivity index (χ1n) is 12.4. The van der Waals surface area contributed by atoms with Crippen molar-refractivity contribution in [3.8, 4) is 10.8 Å². The summed E-state index contributed by atoms with van der Waals surface area (Å²) >= 11 is 0.530. The van der Waals surface area contributed by atoms with Gasteiger partial charge in [0, 0.05) is 20.1 Å². The van der Waals surface area contributed by atoms with E-state index in [0.717, 1.165) is 20.0 Å². The molecule has 3 rings (SSSR count). The van der Waals surface area contributed by atoms with Crippen LogP contribution in [-0.4, -0.2) is 58.7 Å². The van der Waals surface area contributed by atoms with Gasteiger partial charge >= 0.3 is 12.1 Å². The summed E-state index contributed by atoms with van der Waals surface area (Å²) < 4.78 is 61.7. The summed E-state index contributed by atoms with van der Waals surface area (Å²) in [6.45, 7) is 2.36. The van der Waals surface area contributed by atoms with E-state index in [2.05, 4.69) is 6.92 Å². The van der Waals surface area contributed by atoms with Crippen LogP contribution in [0.1, 0.15) is 58.2 Å². The van der Waals surface area contributed by atoms with Gasteiger partial charge in [-0.2, -0.15) is 13.2 Å². The van der Waals surface area contributed by atoms with Gasteiger partial charge in [-0.05, 0) is 55.9 Å². The Morgan fingerprint density at radius 1 is 1.08 bits per heavy atom. The zero-order valence-electron chi connectivity index (χ0n) is 22.2. The number of amides is 1. The van der Waals surface area contributed by atoms with Crippen molar-refractivity contribution in [2.24, 2.45) is 11.8 Å². The van der Waals surface area contributed by atoms with Crippen molar-refractivity contribution in [3.63, 3.8) is 0 Å². The fourth-order valence-electron chi connectivity index (χ4n) is 4.67. The number of rotatable bonds is 11. The second-order valence-corrected chi connectivity index (χ2v) is 10.5. The number of carbonyl (C=O) groups excluding carboxylic acids is 3. The van der Waals surface area contributed by atoms with E-state index in [-0.39, 0.29) is 46.9 Å². The molecule has 0 unspecified atom stereocenters. The summed E-state index contributed by atoms with van der Waals surface area (Å²) in [7, 11) is 4.13. The van der Waals surface area contributed by atoms with Crippen LogP contribution in [-0.2, 0) is 25.2 Å². The number of thiophene rings is 1. The molecule has 1 amide bonds. The Labute approximate surface area is 229 Å². The fourth-order valence-corrected chi connectivity index (χ4v) is 5.54. The first kappa shape index (κ1) is 30.6. The van der Waals surface area contributed by atoms with Crippen LogP contribution in [0.3, 0.4) is 0 Å². The van der Waals surface area contributed by atoms with Gasteiger partial charge in [-0.3, -0.25) is 9.59 Å². The molecule has 8 nitrogen and oxygen atoms in total. The summed E-state index contributed by atoms with van der Waals surface area (Å²) in [5, 5.41) is -0.547. The van der Waals surface area contributed by atoms with Gasteiger partial charge < -0.3 is 23.8 Å². The van der Waals surface area contributed by atoms with Crippen LogP contribution < -0.4 is 9.64 Å². The minimum absolute atomic E-state index is 0.0783. The largest absolute Gasteiger partial charge is 0.465 e. The van der Waals surface area contributed by atoms with E-state index in [9.17, 15) is 27.6 Å². The summed E-state index contributed by atoms with van der Waals surface area (Å²) in [5.74, 6) is -0.876. The number of nitrogens with zero attached hydrogens (tertiary/aromatic N) is 1. The van der Waals surface area contributed by atoms with Crippen LogP contribution in [0.4, 0.5) is 18.9 Å². The molecule has 1 aliphatic carbocycles. The quantitative estimate of drug-likeness (QED) is 0.242. The zero-order valence-corrected chi connectivity index (χ0v) is 23.0. The molecule has 0 aliphatic heterocycles. The van der Waals surface area contributed by atoms with Crippen molar-refractivity contribution in [3.05, 3.63) is 40.3 Å². The van der Waals surface area contributed by atoms with Crippen LogP contribution in [0.15, 0.2) is 24.3 Å². The van der Waals surface area contributed by atoms with Gasteiger partial charge in [0.15, 0.2) is 11.3 Å². The molecular weight excluding hydrogens is 539 g/mol. The topological polar surface area (TPSA) is 91.4 Å². The third kappa shape index (κ3) is 7.37. The Hall–Kier alpha value is -2.96. The average Bonchev–Trinajstić information content (AvgIpc) is 3.33. The SMILES string of the molecule is COCC(COC)N(C(=O)C1CCC(C)CC1)c1ccc(Oc2sc(C=O)cc2C(F)(F)F)cc1C(=O)OC. The molecule has 0 saturated heterocycles. The molecule has 0 atom stereocenters. The van der Waals surface area contributed by atoms with Gasteiger partial charge in [0.05, 0.1) is 42.5 Å². The Morgan fingerprint density at radius 2 is 1.72 bits per heavy atom. The Balaban J connectivity index is 2.08. The lowest BCUT2D eigenvalue weighted by atomic mass is 9.82. The minimum Gasteiger partial charge on any atom is -0.465 e. The maximum atomic E-state index is 13.9. The number of benzene rings is 1. The highest BCUT2D eigenvalue weighted by atomic mass is 32.1. The number of aldehydes is 1. The zero-order chi connectivity index (χ0) is 28.7. The minimum atomic E-state index is -4.76. The van der Waals surface area contributed by atoms with Crippen molar-refractivity contribution in [1.29, 1.82) is 0 Å². The molecule has 39 heavy (non-hydrogen) atoms. The fraction of sp³-hybridized carbons (Fsp3) is 0.519. The van der Waals surface area contributed by atoms with Gasteiger partial charge in [-0.15, -0.1) is 0 Å². The second kappa shape index (κ2) is 13.4. The lowest BCUT2D eigenvalue weighted by Gasteiger charge is -2.36. The Kier molecular flexibility index (Phi) is 10.5. The summed E-state index contributed by atoms with van der Waals surface area (Å²) in [6, 6.07) is 4.13. The number of halogens is 3.